The van der Waals surface area contributed by atoms with Gasteiger partial charge in [-0.2, -0.15) is 10.2 Å². The first kappa shape index (κ1) is 23.3. The van der Waals surface area contributed by atoms with Crippen LogP contribution in [-0.2, 0) is 12.8 Å². The summed E-state index contributed by atoms with van der Waals surface area (Å²) < 4.78 is 13.1. The van der Waals surface area contributed by atoms with Crippen molar-refractivity contribution in [2.24, 2.45) is 10.2 Å². The monoisotopic (exact) mass is 426 g/mol. The van der Waals surface area contributed by atoms with Crippen molar-refractivity contribution in [1.29, 1.82) is 0 Å². The molecule has 1 atom stereocenters. The van der Waals surface area contributed by atoms with E-state index in [1.165, 1.54) is 18.4 Å². The van der Waals surface area contributed by atoms with Crippen LogP contribution in [0, 0.1) is 0 Å². The highest BCUT2D eigenvalue weighted by atomic mass is 19.1. The first-order valence-electron chi connectivity index (χ1n) is 11.2. The second-order valence-electron chi connectivity index (χ2n) is 8.07. The van der Waals surface area contributed by atoms with Crippen molar-refractivity contribution < 1.29 is 4.39 Å². The Morgan fingerprint density at radius 1 is 0.750 bits per heavy atom. The zero-order valence-corrected chi connectivity index (χ0v) is 18.8. The van der Waals surface area contributed by atoms with Gasteiger partial charge < -0.3 is 0 Å². The second-order valence-corrected chi connectivity index (χ2v) is 8.07. The Labute approximate surface area is 191 Å². The molecule has 3 heteroatoms. The van der Waals surface area contributed by atoms with Crippen molar-refractivity contribution in [3.8, 4) is 11.1 Å². The fraction of sp³-hybridized carbons (Fsp3) is 0.241. The van der Waals surface area contributed by atoms with E-state index in [1.54, 1.807) is 19.4 Å². The number of hydrogen-bond donors (Lipinski definition) is 0. The van der Waals surface area contributed by atoms with Gasteiger partial charge in [0.25, 0.3) is 0 Å². The number of rotatable bonds is 11. The van der Waals surface area contributed by atoms with Crippen molar-refractivity contribution in [3.05, 3.63) is 108 Å². The molecule has 0 aliphatic carbocycles. The maximum absolute atomic E-state index is 13.1. The van der Waals surface area contributed by atoms with Crippen molar-refractivity contribution in [2.75, 3.05) is 0 Å². The fourth-order valence-corrected chi connectivity index (χ4v) is 3.51. The van der Waals surface area contributed by atoms with Crippen LogP contribution in [0.3, 0.4) is 0 Å². The van der Waals surface area contributed by atoms with Gasteiger partial charge in [0.15, 0.2) is 0 Å². The van der Waals surface area contributed by atoms with Crippen LogP contribution in [-0.4, -0.2) is 18.6 Å². The summed E-state index contributed by atoms with van der Waals surface area (Å²) in [4.78, 5) is 0. The lowest BCUT2D eigenvalue weighted by atomic mass is 10.0. The van der Waals surface area contributed by atoms with E-state index in [2.05, 4.69) is 53.2 Å². The van der Waals surface area contributed by atoms with Gasteiger partial charge in [0.05, 0.1) is 12.4 Å². The molecule has 0 N–H and O–H groups in total. The van der Waals surface area contributed by atoms with Crippen LogP contribution in [0.15, 0.2) is 95.7 Å². The van der Waals surface area contributed by atoms with Gasteiger partial charge >= 0.3 is 0 Å². The predicted octanol–water partition coefficient (Wildman–Crippen LogP) is 7.61. The normalized spacial score (nSPS) is 12.4. The average Bonchev–Trinajstić information content (AvgIpc) is 2.81. The third-order valence-corrected chi connectivity index (χ3v) is 5.30. The zero-order valence-electron chi connectivity index (χ0n) is 18.8. The van der Waals surface area contributed by atoms with Gasteiger partial charge in [0.2, 0.25) is 0 Å². The average molecular weight is 427 g/mol. The molecule has 32 heavy (non-hydrogen) atoms. The van der Waals surface area contributed by atoms with Crippen LogP contribution < -0.4 is 0 Å². The summed E-state index contributed by atoms with van der Waals surface area (Å²) in [5, 5.41) is 8.34. The second kappa shape index (κ2) is 12.5. The molecule has 0 aliphatic rings. The van der Waals surface area contributed by atoms with Crippen LogP contribution in [0.1, 0.15) is 48.4 Å². The molecule has 3 aromatic carbocycles. The highest BCUT2D eigenvalue weighted by Gasteiger charge is 2.02. The summed E-state index contributed by atoms with van der Waals surface area (Å²) in [6, 6.07) is 24.7. The van der Waals surface area contributed by atoms with E-state index in [9.17, 15) is 4.39 Å². The standard InChI is InChI=1S/C29H31FN2/c1-3-4-5-6-7-24-8-10-26(11-9-24)21-31-32-22-27-14-18-29(19-15-27)28-16-12-25(13-17-28)20-23(2)30/h3,8-19,21-23H,1,4-7,20H2,2H3/b31-21+,32-22+. The van der Waals surface area contributed by atoms with Gasteiger partial charge in [0, 0.05) is 6.42 Å². The van der Waals surface area contributed by atoms with Gasteiger partial charge in [-0.15, -0.1) is 6.58 Å². The molecule has 2 nitrogen and oxygen atoms in total. The first-order valence-corrected chi connectivity index (χ1v) is 11.2. The van der Waals surface area contributed by atoms with E-state index in [0.29, 0.717) is 6.42 Å². The molecule has 1 unspecified atom stereocenters. The Morgan fingerprint density at radius 2 is 1.25 bits per heavy atom. The Kier molecular flexibility index (Phi) is 9.12. The summed E-state index contributed by atoms with van der Waals surface area (Å²) in [6.45, 7) is 5.35. The summed E-state index contributed by atoms with van der Waals surface area (Å²) >= 11 is 0. The number of hydrogen-bond acceptors (Lipinski definition) is 2. The third kappa shape index (κ3) is 7.73. The van der Waals surface area contributed by atoms with Crippen LogP contribution in [0.25, 0.3) is 11.1 Å². The molecule has 0 aromatic heterocycles. The van der Waals surface area contributed by atoms with E-state index in [0.717, 1.165) is 40.7 Å². The number of unbranched alkanes of at least 4 members (excludes halogenated alkanes) is 2. The number of aryl methyl sites for hydroxylation is 1. The molecule has 0 radical (unpaired) electrons. The Morgan fingerprint density at radius 3 is 1.78 bits per heavy atom. The SMILES string of the molecule is C=CCCCCc1ccc(/C=N/N=C/c2ccc(-c3ccc(CC(C)F)cc3)cc2)cc1. The molecular weight excluding hydrogens is 395 g/mol. The van der Waals surface area contributed by atoms with Gasteiger partial charge in [-0.05, 0) is 66.0 Å². The lowest BCUT2D eigenvalue weighted by molar-refractivity contribution is 0.360. The van der Waals surface area contributed by atoms with Crippen LogP contribution in [0.2, 0.25) is 0 Å². The molecule has 3 aromatic rings. The molecular formula is C29H31FN2. The lowest BCUT2D eigenvalue weighted by Gasteiger charge is -2.05. The minimum atomic E-state index is -0.820. The van der Waals surface area contributed by atoms with Gasteiger partial charge in [-0.3, -0.25) is 0 Å². The summed E-state index contributed by atoms with van der Waals surface area (Å²) in [5.74, 6) is 0. The molecule has 164 valence electrons. The van der Waals surface area contributed by atoms with Crippen molar-refractivity contribution in [3.63, 3.8) is 0 Å². The Balaban J connectivity index is 1.51. The highest BCUT2D eigenvalue weighted by Crippen LogP contribution is 2.21. The van der Waals surface area contributed by atoms with Crippen molar-refractivity contribution in [2.45, 2.75) is 45.2 Å². The number of nitrogens with zero attached hydrogens (tertiary/aromatic N) is 2. The third-order valence-electron chi connectivity index (χ3n) is 5.30. The van der Waals surface area contributed by atoms with Crippen LogP contribution in [0.4, 0.5) is 4.39 Å². The number of allylic oxidation sites excluding steroid dienone is 1. The molecule has 0 fully saturated rings. The van der Waals surface area contributed by atoms with Crippen molar-refractivity contribution >= 4 is 12.4 Å². The number of halogens is 1. The summed E-state index contributed by atoms with van der Waals surface area (Å²) in [5.41, 5.74) is 6.63. The van der Waals surface area contributed by atoms with E-state index in [-0.39, 0.29) is 0 Å². The van der Waals surface area contributed by atoms with E-state index >= 15 is 0 Å². The van der Waals surface area contributed by atoms with Gasteiger partial charge in [-0.25, -0.2) is 4.39 Å². The van der Waals surface area contributed by atoms with E-state index in [4.69, 9.17) is 0 Å². The molecule has 0 aliphatic heterocycles. The van der Waals surface area contributed by atoms with Gasteiger partial charge in [0.1, 0.15) is 6.17 Å². The first-order chi connectivity index (χ1) is 15.6. The number of benzene rings is 3. The molecule has 0 bridgehead atoms. The quantitative estimate of drug-likeness (QED) is 0.130. The maximum Gasteiger partial charge on any atom is 0.101 e. The maximum atomic E-state index is 13.1. The zero-order chi connectivity index (χ0) is 22.6. The minimum absolute atomic E-state index is 0.455. The molecule has 0 saturated carbocycles. The lowest BCUT2D eigenvalue weighted by Crippen LogP contribution is -1.97. The number of alkyl halides is 1. The van der Waals surface area contributed by atoms with Crippen LogP contribution in [0.5, 0.6) is 0 Å². The van der Waals surface area contributed by atoms with Gasteiger partial charge in [-0.1, -0.05) is 78.9 Å². The molecule has 0 amide bonds. The molecule has 0 spiro atoms. The summed E-state index contributed by atoms with van der Waals surface area (Å²) in [6.07, 6.45) is 9.69. The largest absolute Gasteiger partial charge is 0.247 e. The Bertz CT molecular complexity index is 1010. The molecule has 0 heterocycles. The predicted molar refractivity (Wildman–Crippen MR) is 136 cm³/mol. The van der Waals surface area contributed by atoms with Crippen LogP contribution >= 0.6 is 0 Å². The highest BCUT2D eigenvalue weighted by molar-refractivity contribution is 5.83. The van der Waals surface area contributed by atoms with Crippen molar-refractivity contribution in [1.82, 2.24) is 0 Å². The topological polar surface area (TPSA) is 24.7 Å². The molecule has 3 rings (SSSR count). The molecule has 0 saturated heterocycles. The summed E-state index contributed by atoms with van der Waals surface area (Å²) in [7, 11) is 0. The van der Waals surface area contributed by atoms with E-state index in [1.807, 2.05) is 42.5 Å². The minimum Gasteiger partial charge on any atom is -0.247 e. The van der Waals surface area contributed by atoms with E-state index < -0.39 is 6.17 Å². The Hall–Kier alpha value is -3.33. The smallest absolute Gasteiger partial charge is 0.101 e. The fourth-order valence-electron chi connectivity index (χ4n) is 3.51.